The van der Waals surface area contributed by atoms with Crippen LogP contribution in [0.25, 0.3) is 21.8 Å². The van der Waals surface area contributed by atoms with Crippen LogP contribution in [0.1, 0.15) is 15.9 Å². The Hall–Kier alpha value is -3.55. The number of primary amides is 1. The summed E-state index contributed by atoms with van der Waals surface area (Å²) in [5.74, 6) is -1.46. The van der Waals surface area contributed by atoms with Crippen LogP contribution in [-0.2, 0) is 6.54 Å². The maximum Gasteiger partial charge on any atom is 0.573 e. The zero-order valence-corrected chi connectivity index (χ0v) is 14.8. The van der Waals surface area contributed by atoms with E-state index >= 15 is 0 Å². The van der Waals surface area contributed by atoms with Crippen molar-refractivity contribution in [2.24, 2.45) is 5.73 Å². The van der Waals surface area contributed by atoms with Gasteiger partial charge in [0.25, 0.3) is 0 Å². The van der Waals surface area contributed by atoms with Gasteiger partial charge in [-0.3, -0.25) is 4.79 Å². The highest BCUT2D eigenvalue weighted by Gasteiger charge is 2.31. The molecule has 0 atom stereocenters. The number of fused-ring (bicyclic) bond motifs is 3. The predicted molar refractivity (Wildman–Crippen MR) is 100 cm³/mol. The number of rotatable bonds is 4. The van der Waals surface area contributed by atoms with Gasteiger partial charge < -0.3 is 15.0 Å². The third kappa shape index (κ3) is 3.61. The molecule has 0 saturated carbocycles. The van der Waals surface area contributed by atoms with Crippen molar-refractivity contribution >= 4 is 27.7 Å². The third-order valence-corrected chi connectivity index (χ3v) is 4.59. The van der Waals surface area contributed by atoms with E-state index in [9.17, 15) is 22.4 Å². The Morgan fingerprint density at radius 2 is 1.76 bits per heavy atom. The average molecular weight is 402 g/mol. The molecule has 0 unspecified atom stereocenters. The van der Waals surface area contributed by atoms with Gasteiger partial charge in [0.1, 0.15) is 11.6 Å². The Bertz CT molecular complexity index is 1240. The zero-order chi connectivity index (χ0) is 20.8. The van der Waals surface area contributed by atoms with Crippen LogP contribution < -0.4 is 10.5 Å². The fourth-order valence-electron chi connectivity index (χ4n) is 3.52. The molecule has 29 heavy (non-hydrogen) atoms. The summed E-state index contributed by atoms with van der Waals surface area (Å²) < 4.78 is 57.2. The first-order valence-corrected chi connectivity index (χ1v) is 8.58. The van der Waals surface area contributed by atoms with Crippen LogP contribution >= 0.6 is 0 Å². The molecule has 8 heteroatoms. The number of nitrogens with two attached hydrogens (primary N) is 1. The molecule has 4 aromatic rings. The smallest absolute Gasteiger partial charge is 0.406 e. The highest BCUT2D eigenvalue weighted by Crippen LogP contribution is 2.33. The number of carbonyl (C=O) groups is 1. The molecular formula is C21H14F4N2O2. The van der Waals surface area contributed by atoms with Gasteiger partial charge in [-0.15, -0.1) is 13.2 Å². The van der Waals surface area contributed by atoms with E-state index in [-0.39, 0.29) is 17.9 Å². The number of hydrogen-bond acceptors (Lipinski definition) is 2. The number of nitrogens with zero attached hydrogens (tertiary/aromatic N) is 1. The van der Waals surface area contributed by atoms with Gasteiger partial charge >= 0.3 is 6.36 Å². The van der Waals surface area contributed by atoms with Gasteiger partial charge in [0, 0.05) is 28.4 Å². The van der Waals surface area contributed by atoms with E-state index < -0.39 is 18.1 Å². The Labute approximate surface area is 162 Å². The van der Waals surface area contributed by atoms with Gasteiger partial charge in [0.05, 0.1) is 5.52 Å². The molecule has 1 amide bonds. The molecule has 0 bridgehead atoms. The number of benzene rings is 3. The third-order valence-electron chi connectivity index (χ3n) is 4.59. The number of alkyl halides is 3. The van der Waals surface area contributed by atoms with Crippen molar-refractivity contribution in [1.82, 2.24) is 4.57 Å². The Morgan fingerprint density at radius 3 is 2.48 bits per heavy atom. The summed E-state index contributed by atoms with van der Waals surface area (Å²) in [4.78, 5) is 11.9. The van der Waals surface area contributed by atoms with Gasteiger partial charge in [-0.25, -0.2) is 4.39 Å². The van der Waals surface area contributed by atoms with E-state index in [4.69, 9.17) is 5.73 Å². The molecule has 0 aliphatic heterocycles. The summed E-state index contributed by atoms with van der Waals surface area (Å²) in [5, 5.41) is 0.995. The van der Waals surface area contributed by atoms with Gasteiger partial charge in [-0.1, -0.05) is 18.2 Å². The second-order valence-corrected chi connectivity index (χ2v) is 6.51. The Balaban J connectivity index is 1.89. The highest BCUT2D eigenvalue weighted by molar-refractivity contribution is 6.17. The lowest BCUT2D eigenvalue weighted by Gasteiger charge is -2.12. The number of ether oxygens (including phenoxy) is 1. The van der Waals surface area contributed by atoms with Crippen molar-refractivity contribution in [1.29, 1.82) is 0 Å². The van der Waals surface area contributed by atoms with Crippen molar-refractivity contribution in [2.75, 3.05) is 0 Å². The van der Waals surface area contributed by atoms with Crippen molar-refractivity contribution in [3.8, 4) is 5.75 Å². The predicted octanol–water partition coefficient (Wildman–Crippen LogP) is 4.98. The first-order chi connectivity index (χ1) is 13.7. The zero-order valence-electron chi connectivity index (χ0n) is 14.8. The van der Waals surface area contributed by atoms with Gasteiger partial charge in [-0.05, 0) is 48.0 Å². The number of halogens is 4. The van der Waals surface area contributed by atoms with Crippen molar-refractivity contribution in [3.63, 3.8) is 0 Å². The lowest BCUT2D eigenvalue weighted by atomic mass is 10.1. The summed E-state index contributed by atoms with van der Waals surface area (Å²) in [7, 11) is 0. The fraction of sp³-hybridized carbons (Fsp3) is 0.0952. The fourth-order valence-corrected chi connectivity index (χ4v) is 3.52. The molecule has 0 aliphatic rings. The number of hydrogen-bond donors (Lipinski definition) is 1. The molecule has 1 heterocycles. The second-order valence-electron chi connectivity index (χ2n) is 6.51. The molecule has 0 aliphatic carbocycles. The molecule has 2 N–H and O–H groups in total. The van der Waals surface area contributed by atoms with Crippen LogP contribution in [0.5, 0.6) is 5.75 Å². The van der Waals surface area contributed by atoms with Gasteiger partial charge in [0.15, 0.2) is 0 Å². The van der Waals surface area contributed by atoms with E-state index in [0.717, 1.165) is 0 Å². The molecule has 0 radical (unpaired) electrons. The topological polar surface area (TPSA) is 57.2 Å². The molecule has 148 valence electrons. The summed E-state index contributed by atoms with van der Waals surface area (Å²) in [6.07, 6.45) is -4.79. The maximum atomic E-state index is 13.9. The van der Waals surface area contributed by atoms with Gasteiger partial charge in [-0.2, -0.15) is 0 Å². The molecule has 4 rings (SSSR count). The van der Waals surface area contributed by atoms with Crippen LogP contribution in [0.15, 0.2) is 60.7 Å². The molecule has 0 saturated heterocycles. The Morgan fingerprint density at radius 1 is 1.00 bits per heavy atom. The van der Waals surface area contributed by atoms with E-state index in [2.05, 4.69) is 4.74 Å². The van der Waals surface area contributed by atoms with Crippen molar-refractivity contribution < 1.29 is 27.1 Å². The van der Waals surface area contributed by atoms with Crippen LogP contribution in [0, 0.1) is 5.82 Å². The molecule has 0 spiro atoms. The minimum absolute atomic E-state index is 0.183. The van der Waals surface area contributed by atoms with E-state index in [1.54, 1.807) is 34.9 Å². The number of carbonyl (C=O) groups excluding carboxylic acids is 1. The largest absolute Gasteiger partial charge is 0.573 e. The van der Waals surface area contributed by atoms with E-state index in [1.807, 2.05) is 0 Å². The first-order valence-electron chi connectivity index (χ1n) is 8.58. The lowest BCUT2D eigenvalue weighted by molar-refractivity contribution is -0.274. The van der Waals surface area contributed by atoms with E-state index in [0.29, 0.717) is 27.4 Å². The van der Waals surface area contributed by atoms with E-state index in [1.165, 1.54) is 30.3 Å². The second kappa shape index (κ2) is 6.80. The van der Waals surface area contributed by atoms with Crippen LogP contribution in [0.3, 0.4) is 0 Å². The summed E-state index contributed by atoms with van der Waals surface area (Å²) in [5.41, 5.74) is 7.50. The normalized spacial score (nSPS) is 11.9. The lowest BCUT2D eigenvalue weighted by Crippen LogP contribution is -2.17. The van der Waals surface area contributed by atoms with Crippen LogP contribution in [0.2, 0.25) is 0 Å². The minimum Gasteiger partial charge on any atom is -0.406 e. The minimum atomic E-state index is -4.79. The van der Waals surface area contributed by atoms with Crippen molar-refractivity contribution in [2.45, 2.75) is 12.9 Å². The quantitative estimate of drug-likeness (QED) is 0.490. The number of amides is 1. The standard InChI is InChI=1S/C21H14F4N2O2/c22-13-7-8-17-16(10-13)19-15(20(26)28)5-2-6-18(19)27(17)11-12-3-1-4-14(9-12)29-21(23,24)25/h1-10H,11H2,(H2,26,28). The molecular weight excluding hydrogens is 388 g/mol. The molecule has 4 nitrogen and oxygen atoms in total. The summed E-state index contributed by atoms with van der Waals surface area (Å²) >= 11 is 0. The summed E-state index contributed by atoms with van der Waals surface area (Å²) in [6, 6.07) is 14.7. The number of aromatic nitrogens is 1. The first kappa shape index (κ1) is 18.8. The average Bonchev–Trinajstić information content (AvgIpc) is 2.94. The molecule has 3 aromatic carbocycles. The maximum absolute atomic E-state index is 13.9. The molecule has 0 fully saturated rings. The monoisotopic (exact) mass is 402 g/mol. The Kier molecular flexibility index (Phi) is 4.41. The molecule has 1 aromatic heterocycles. The van der Waals surface area contributed by atoms with Gasteiger partial charge in [0.2, 0.25) is 5.91 Å². The van der Waals surface area contributed by atoms with Crippen molar-refractivity contribution in [3.05, 3.63) is 77.6 Å². The highest BCUT2D eigenvalue weighted by atomic mass is 19.4. The van der Waals surface area contributed by atoms with Crippen LogP contribution in [-0.4, -0.2) is 16.8 Å². The summed E-state index contributed by atoms with van der Waals surface area (Å²) in [6.45, 7) is 0.183. The SMILES string of the molecule is NC(=O)c1cccc2c1c1cc(F)ccc1n2Cc1cccc(OC(F)(F)F)c1. The van der Waals surface area contributed by atoms with Crippen LogP contribution in [0.4, 0.5) is 17.6 Å².